The fourth-order valence-electron chi connectivity index (χ4n) is 0.954. The second-order valence-electron chi connectivity index (χ2n) is 2.77. The summed E-state index contributed by atoms with van der Waals surface area (Å²) in [6.07, 6.45) is -4.30. The van der Waals surface area contributed by atoms with Crippen LogP contribution in [0.4, 0.5) is 17.6 Å². The van der Waals surface area contributed by atoms with Crippen LogP contribution >= 0.6 is 46.4 Å². The Labute approximate surface area is 102 Å². The third-order valence-corrected chi connectivity index (χ3v) is 3.68. The molecule has 0 saturated heterocycles. The van der Waals surface area contributed by atoms with Crippen molar-refractivity contribution in [2.45, 2.75) is 11.3 Å². The fourth-order valence-corrected chi connectivity index (χ4v) is 1.97. The summed E-state index contributed by atoms with van der Waals surface area (Å²) in [6, 6.07) is 0. The highest BCUT2D eigenvalue weighted by Crippen LogP contribution is 2.51. The number of rotatable bonds is 0. The minimum atomic E-state index is -4.69. The van der Waals surface area contributed by atoms with Crippen LogP contribution in [-0.4, -0.2) is 11.3 Å². The van der Waals surface area contributed by atoms with E-state index in [0.29, 0.717) is 6.08 Å². The normalized spacial score (nSPS) is 33.1. The Bertz CT molecular complexity index is 341. The Kier molecular flexibility index (Phi) is 3.57. The van der Waals surface area contributed by atoms with Gasteiger partial charge in [-0.15, -0.1) is 0 Å². The molecule has 1 aliphatic carbocycles. The zero-order valence-corrected chi connectivity index (χ0v) is 9.70. The Morgan fingerprint density at radius 2 is 1.67 bits per heavy atom. The summed E-state index contributed by atoms with van der Waals surface area (Å²) in [4.78, 5) is 0. The summed E-state index contributed by atoms with van der Waals surface area (Å²) < 4.78 is 50.4. The Morgan fingerprint density at radius 1 is 1.20 bits per heavy atom. The Balaban J connectivity index is 3.25. The number of alkyl halides is 5. The van der Waals surface area contributed by atoms with Crippen LogP contribution in [0.3, 0.4) is 0 Å². The smallest absolute Gasteiger partial charge is 0.213 e. The van der Waals surface area contributed by atoms with E-state index in [1.54, 1.807) is 0 Å². The van der Waals surface area contributed by atoms with E-state index in [4.69, 9.17) is 46.4 Å². The van der Waals surface area contributed by atoms with E-state index in [9.17, 15) is 17.6 Å². The summed E-state index contributed by atoms with van der Waals surface area (Å²) in [5.74, 6) is -2.22. The van der Waals surface area contributed by atoms with Crippen molar-refractivity contribution in [2.24, 2.45) is 5.92 Å². The van der Waals surface area contributed by atoms with Gasteiger partial charge in [-0.05, 0) is 6.08 Å². The molecule has 15 heavy (non-hydrogen) atoms. The maximum Gasteiger partial charge on any atom is 0.400 e. The van der Waals surface area contributed by atoms with Crippen LogP contribution in [0, 0.1) is 5.92 Å². The van der Waals surface area contributed by atoms with Crippen molar-refractivity contribution in [1.29, 1.82) is 0 Å². The maximum atomic E-state index is 13.4. The zero-order chi connectivity index (χ0) is 12.0. The lowest BCUT2D eigenvalue weighted by molar-refractivity contribution is -0.150. The van der Waals surface area contributed by atoms with Gasteiger partial charge in [-0.1, -0.05) is 46.4 Å². The van der Waals surface area contributed by atoms with Gasteiger partial charge in [-0.3, -0.25) is 0 Å². The van der Waals surface area contributed by atoms with Gasteiger partial charge in [0.05, 0.1) is 15.1 Å². The van der Waals surface area contributed by atoms with Crippen molar-refractivity contribution >= 4 is 46.4 Å². The van der Waals surface area contributed by atoms with Crippen molar-refractivity contribution in [3.63, 3.8) is 0 Å². The molecule has 86 valence electrons. The molecule has 0 amide bonds. The molecule has 2 atom stereocenters. The molecule has 1 aliphatic rings. The molecule has 2 unspecified atom stereocenters. The molecule has 0 radical (unpaired) electrons. The van der Waals surface area contributed by atoms with E-state index < -0.39 is 32.3 Å². The summed E-state index contributed by atoms with van der Waals surface area (Å²) in [6.45, 7) is 0. The second kappa shape index (κ2) is 3.99. The second-order valence-corrected chi connectivity index (χ2v) is 4.48. The van der Waals surface area contributed by atoms with Crippen molar-refractivity contribution < 1.29 is 17.6 Å². The molecule has 0 nitrogen and oxygen atoms in total. The Morgan fingerprint density at radius 3 is 2.07 bits per heavy atom. The van der Waals surface area contributed by atoms with E-state index in [1.165, 1.54) is 0 Å². The molecule has 0 aromatic rings. The quantitative estimate of drug-likeness (QED) is 0.441. The van der Waals surface area contributed by atoms with Crippen LogP contribution in [-0.2, 0) is 0 Å². The summed E-state index contributed by atoms with van der Waals surface area (Å²) in [7, 11) is 0. The molecule has 0 heterocycles. The third-order valence-electron chi connectivity index (χ3n) is 1.72. The van der Waals surface area contributed by atoms with Crippen LogP contribution in [0.2, 0.25) is 0 Å². The lowest BCUT2D eigenvalue weighted by Crippen LogP contribution is -2.30. The molecule has 1 rings (SSSR count). The SMILES string of the molecule is FC1(Cl)C(Cl)=CC(C(F)(F)F)C(Cl)=C1Cl. The van der Waals surface area contributed by atoms with E-state index >= 15 is 0 Å². The van der Waals surface area contributed by atoms with Crippen molar-refractivity contribution in [3.8, 4) is 0 Å². The predicted molar refractivity (Wildman–Crippen MR) is 51.9 cm³/mol. The van der Waals surface area contributed by atoms with E-state index in [2.05, 4.69) is 0 Å². The predicted octanol–water partition coefficient (Wildman–Crippen LogP) is 4.90. The van der Waals surface area contributed by atoms with Crippen molar-refractivity contribution in [1.82, 2.24) is 0 Å². The first-order chi connectivity index (χ1) is 6.58. The molecule has 0 saturated carbocycles. The van der Waals surface area contributed by atoms with Crippen molar-refractivity contribution in [2.75, 3.05) is 0 Å². The van der Waals surface area contributed by atoms with Gasteiger partial charge in [0.25, 0.3) is 5.13 Å². The average molecular weight is 304 g/mol. The highest BCUT2D eigenvalue weighted by Gasteiger charge is 2.50. The Hall–Kier alpha value is 0.360. The fraction of sp³-hybridized carbons (Fsp3) is 0.429. The number of halogens is 8. The molecule has 0 N–H and O–H groups in total. The van der Waals surface area contributed by atoms with Gasteiger partial charge in [0.1, 0.15) is 5.92 Å². The van der Waals surface area contributed by atoms with Crippen LogP contribution in [0.5, 0.6) is 0 Å². The van der Waals surface area contributed by atoms with Crippen LogP contribution in [0.25, 0.3) is 0 Å². The minimum Gasteiger partial charge on any atom is -0.213 e. The number of hydrogen-bond donors (Lipinski definition) is 0. The molecule has 0 spiro atoms. The third kappa shape index (κ3) is 2.38. The molecule has 8 heteroatoms. The molecular weight excluding hydrogens is 302 g/mol. The van der Waals surface area contributed by atoms with E-state index in [1.807, 2.05) is 0 Å². The first-order valence-electron chi connectivity index (χ1n) is 3.46. The average Bonchev–Trinajstić information content (AvgIpc) is 2.07. The molecule has 0 fully saturated rings. The van der Waals surface area contributed by atoms with Gasteiger partial charge in [-0.25, -0.2) is 4.39 Å². The lowest BCUT2D eigenvalue weighted by Gasteiger charge is -2.27. The maximum absolute atomic E-state index is 13.4. The van der Waals surface area contributed by atoms with Crippen LogP contribution in [0.1, 0.15) is 0 Å². The zero-order valence-electron chi connectivity index (χ0n) is 6.68. The molecule has 0 aliphatic heterocycles. The van der Waals surface area contributed by atoms with Crippen LogP contribution in [0.15, 0.2) is 21.2 Å². The lowest BCUT2D eigenvalue weighted by atomic mass is 10.0. The highest BCUT2D eigenvalue weighted by atomic mass is 35.5. The van der Waals surface area contributed by atoms with Gasteiger partial charge in [0, 0.05) is 0 Å². The number of allylic oxidation sites excluding steroid dienone is 4. The van der Waals surface area contributed by atoms with Gasteiger partial charge < -0.3 is 0 Å². The monoisotopic (exact) mass is 302 g/mol. The summed E-state index contributed by atoms with van der Waals surface area (Å²) >= 11 is 21.0. The largest absolute Gasteiger partial charge is 0.400 e. The molecular formula is C7H2Cl4F4. The van der Waals surface area contributed by atoms with Gasteiger partial charge in [0.2, 0.25) is 0 Å². The number of hydrogen-bond acceptors (Lipinski definition) is 0. The first-order valence-corrected chi connectivity index (χ1v) is 4.97. The van der Waals surface area contributed by atoms with Gasteiger partial charge >= 0.3 is 6.18 Å². The van der Waals surface area contributed by atoms with Crippen LogP contribution < -0.4 is 0 Å². The van der Waals surface area contributed by atoms with E-state index in [-0.39, 0.29) is 0 Å². The highest BCUT2D eigenvalue weighted by molar-refractivity contribution is 6.49. The summed E-state index contributed by atoms with van der Waals surface area (Å²) in [5, 5.41) is -5.59. The molecule has 0 aromatic heterocycles. The summed E-state index contributed by atoms with van der Waals surface area (Å²) in [5.41, 5.74) is 0. The minimum absolute atomic E-state index is 0.392. The molecule has 0 bridgehead atoms. The van der Waals surface area contributed by atoms with E-state index in [0.717, 1.165) is 0 Å². The van der Waals surface area contributed by atoms with Gasteiger partial charge in [0.15, 0.2) is 0 Å². The van der Waals surface area contributed by atoms with Crippen molar-refractivity contribution in [3.05, 3.63) is 21.2 Å². The van der Waals surface area contributed by atoms with Gasteiger partial charge in [-0.2, -0.15) is 13.2 Å². The standard InChI is InChI=1S/C7H2Cl4F4/c8-3-1-2(7(13,14)15)4(9)5(10)6(3,11)12/h1-2H. The molecule has 0 aromatic carbocycles. The topological polar surface area (TPSA) is 0 Å². The first kappa shape index (κ1) is 13.4.